The minimum absolute atomic E-state index is 0.842. The van der Waals surface area contributed by atoms with Gasteiger partial charge in [-0.05, 0) is 12.3 Å². The average molecular weight is 202 g/mol. The van der Waals surface area contributed by atoms with Crippen molar-refractivity contribution in [3.63, 3.8) is 0 Å². The zero-order valence-corrected chi connectivity index (χ0v) is 9.64. The second-order valence-corrected chi connectivity index (χ2v) is 6.15. The summed E-state index contributed by atoms with van der Waals surface area (Å²) >= 11 is 4.15. The Kier molecular flexibility index (Phi) is 4.59. The Labute approximate surface area is 84.6 Å². The SMILES string of the molecule is C=C1CSCC(CC(C)C)SC1. The fourth-order valence-electron chi connectivity index (χ4n) is 1.32. The van der Waals surface area contributed by atoms with Gasteiger partial charge in [0.1, 0.15) is 0 Å². The normalized spacial score (nSPS) is 25.9. The minimum atomic E-state index is 0.842. The number of thioether (sulfide) groups is 2. The molecule has 0 aliphatic carbocycles. The van der Waals surface area contributed by atoms with Crippen molar-refractivity contribution in [1.82, 2.24) is 0 Å². The van der Waals surface area contributed by atoms with Crippen LogP contribution in [0.25, 0.3) is 0 Å². The molecule has 0 nitrogen and oxygen atoms in total. The van der Waals surface area contributed by atoms with Gasteiger partial charge >= 0.3 is 0 Å². The Morgan fingerprint density at radius 3 is 2.92 bits per heavy atom. The molecule has 12 heavy (non-hydrogen) atoms. The summed E-state index contributed by atoms with van der Waals surface area (Å²) in [5, 5.41) is 0.870. The molecule has 1 aliphatic rings. The van der Waals surface area contributed by atoms with Crippen LogP contribution in [0.3, 0.4) is 0 Å². The Balaban J connectivity index is 2.30. The maximum atomic E-state index is 4.05. The van der Waals surface area contributed by atoms with Gasteiger partial charge in [-0.2, -0.15) is 23.5 Å². The fraction of sp³-hybridized carbons (Fsp3) is 0.800. The Bertz CT molecular complexity index is 152. The van der Waals surface area contributed by atoms with Crippen molar-refractivity contribution in [2.24, 2.45) is 5.92 Å². The molecule has 0 radical (unpaired) electrons. The van der Waals surface area contributed by atoms with Crippen LogP contribution in [0.2, 0.25) is 0 Å². The van der Waals surface area contributed by atoms with Crippen molar-refractivity contribution < 1.29 is 0 Å². The van der Waals surface area contributed by atoms with Gasteiger partial charge in [0.25, 0.3) is 0 Å². The number of rotatable bonds is 2. The van der Waals surface area contributed by atoms with Crippen LogP contribution < -0.4 is 0 Å². The molecule has 2 heteroatoms. The average Bonchev–Trinajstić information content (AvgIpc) is 2.15. The van der Waals surface area contributed by atoms with Crippen LogP contribution in [0.4, 0.5) is 0 Å². The zero-order valence-electron chi connectivity index (χ0n) is 8.01. The monoisotopic (exact) mass is 202 g/mol. The van der Waals surface area contributed by atoms with Gasteiger partial charge in [-0.25, -0.2) is 0 Å². The summed E-state index contributed by atoms with van der Waals surface area (Å²) in [6.45, 7) is 8.67. The van der Waals surface area contributed by atoms with Crippen molar-refractivity contribution in [3.05, 3.63) is 12.2 Å². The molecule has 0 aromatic rings. The molecule has 70 valence electrons. The third-order valence-corrected chi connectivity index (χ3v) is 4.73. The highest BCUT2D eigenvalue weighted by molar-refractivity contribution is 8.04. The Morgan fingerprint density at radius 1 is 1.50 bits per heavy atom. The Hall–Kier alpha value is 0.440. The second kappa shape index (κ2) is 5.23. The summed E-state index contributed by atoms with van der Waals surface area (Å²) in [5.74, 6) is 4.53. The fourth-order valence-corrected chi connectivity index (χ4v) is 4.13. The molecule has 0 spiro atoms. The molecule has 1 atom stereocenters. The van der Waals surface area contributed by atoms with E-state index in [4.69, 9.17) is 0 Å². The first-order valence-corrected chi connectivity index (χ1v) is 6.75. The first kappa shape index (κ1) is 10.5. The van der Waals surface area contributed by atoms with Crippen LogP contribution in [0, 0.1) is 5.92 Å². The van der Waals surface area contributed by atoms with E-state index in [0.29, 0.717) is 0 Å². The zero-order chi connectivity index (χ0) is 8.97. The lowest BCUT2D eigenvalue weighted by atomic mass is 10.1. The largest absolute Gasteiger partial charge is 0.156 e. The van der Waals surface area contributed by atoms with E-state index in [2.05, 4.69) is 44.0 Å². The van der Waals surface area contributed by atoms with E-state index in [9.17, 15) is 0 Å². The molecular formula is C10H18S2. The molecule has 1 unspecified atom stereocenters. The summed E-state index contributed by atoms with van der Waals surface area (Å²) in [7, 11) is 0. The Morgan fingerprint density at radius 2 is 2.25 bits per heavy atom. The van der Waals surface area contributed by atoms with Crippen LogP contribution in [0.15, 0.2) is 12.2 Å². The van der Waals surface area contributed by atoms with E-state index in [0.717, 1.165) is 11.2 Å². The summed E-state index contributed by atoms with van der Waals surface area (Å²) in [5.41, 5.74) is 1.41. The highest BCUT2D eigenvalue weighted by Gasteiger charge is 2.15. The summed E-state index contributed by atoms with van der Waals surface area (Å²) in [6.07, 6.45) is 1.37. The predicted octanol–water partition coefficient (Wildman–Crippen LogP) is 3.44. The third-order valence-electron chi connectivity index (χ3n) is 1.87. The van der Waals surface area contributed by atoms with Crippen molar-refractivity contribution in [2.75, 3.05) is 17.3 Å². The van der Waals surface area contributed by atoms with Crippen LogP contribution in [-0.4, -0.2) is 22.5 Å². The molecule has 0 N–H and O–H groups in total. The molecule has 1 heterocycles. The molecule has 0 bridgehead atoms. The highest BCUT2D eigenvalue weighted by Crippen LogP contribution is 2.29. The lowest BCUT2D eigenvalue weighted by Crippen LogP contribution is -2.09. The molecule has 1 rings (SSSR count). The van der Waals surface area contributed by atoms with E-state index in [-0.39, 0.29) is 0 Å². The summed E-state index contributed by atoms with van der Waals surface area (Å²) in [4.78, 5) is 0. The van der Waals surface area contributed by atoms with Gasteiger partial charge in [-0.3, -0.25) is 0 Å². The molecule has 0 amide bonds. The molecule has 1 fully saturated rings. The van der Waals surface area contributed by atoms with Crippen molar-refractivity contribution in [1.29, 1.82) is 0 Å². The van der Waals surface area contributed by atoms with Gasteiger partial charge in [0, 0.05) is 22.5 Å². The maximum Gasteiger partial charge on any atom is 0.0151 e. The highest BCUT2D eigenvalue weighted by atomic mass is 32.2. The maximum absolute atomic E-state index is 4.05. The first-order chi connectivity index (χ1) is 5.68. The van der Waals surface area contributed by atoms with E-state index >= 15 is 0 Å². The van der Waals surface area contributed by atoms with Gasteiger partial charge in [-0.1, -0.05) is 26.0 Å². The molecule has 1 saturated heterocycles. The molecule has 0 aromatic heterocycles. The van der Waals surface area contributed by atoms with Gasteiger partial charge in [0.2, 0.25) is 0 Å². The third kappa shape index (κ3) is 3.90. The minimum Gasteiger partial charge on any atom is -0.156 e. The molecule has 0 aromatic carbocycles. The standard InChI is InChI=1S/C10H18S2/c1-8(2)4-10-7-11-5-9(3)6-12-10/h8,10H,3-7H2,1-2H3. The smallest absolute Gasteiger partial charge is 0.0151 e. The molecular weight excluding hydrogens is 184 g/mol. The van der Waals surface area contributed by atoms with Crippen LogP contribution in [0.5, 0.6) is 0 Å². The number of hydrogen-bond acceptors (Lipinski definition) is 2. The predicted molar refractivity (Wildman–Crippen MR) is 62.2 cm³/mol. The second-order valence-electron chi connectivity index (χ2n) is 3.83. The van der Waals surface area contributed by atoms with Crippen molar-refractivity contribution in [2.45, 2.75) is 25.5 Å². The summed E-state index contributed by atoms with van der Waals surface area (Å²) < 4.78 is 0. The lowest BCUT2D eigenvalue weighted by molar-refractivity contribution is 0.588. The molecule has 1 aliphatic heterocycles. The molecule has 0 saturated carbocycles. The quantitative estimate of drug-likeness (QED) is 0.629. The van der Waals surface area contributed by atoms with Gasteiger partial charge in [-0.15, -0.1) is 0 Å². The van der Waals surface area contributed by atoms with Gasteiger partial charge in [0.15, 0.2) is 0 Å². The summed E-state index contributed by atoms with van der Waals surface area (Å²) in [6, 6.07) is 0. The van der Waals surface area contributed by atoms with Gasteiger partial charge < -0.3 is 0 Å². The number of hydrogen-bond donors (Lipinski definition) is 0. The van der Waals surface area contributed by atoms with Crippen LogP contribution >= 0.6 is 23.5 Å². The van der Waals surface area contributed by atoms with E-state index in [1.807, 2.05) is 0 Å². The van der Waals surface area contributed by atoms with Gasteiger partial charge in [0.05, 0.1) is 0 Å². The van der Waals surface area contributed by atoms with Crippen molar-refractivity contribution >= 4 is 23.5 Å². The topological polar surface area (TPSA) is 0 Å². The van der Waals surface area contributed by atoms with Crippen molar-refractivity contribution in [3.8, 4) is 0 Å². The van der Waals surface area contributed by atoms with Crippen LogP contribution in [-0.2, 0) is 0 Å². The lowest BCUT2D eigenvalue weighted by Gasteiger charge is -2.14. The van der Waals surface area contributed by atoms with Crippen LogP contribution in [0.1, 0.15) is 20.3 Å². The van der Waals surface area contributed by atoms with E-state index < -0.39 is 0 Å². The first-order valence-electron chi connectivity index (χ1n) is 4.54. The van der Waals surface area contributed by atoms with E-state index in [1.165, 1.54) is 29.3 Å². The van der Waals surface area contributed by atoms with E-state index in [1.54, 1.807) is 0 Å².